The van der Waals surface area contributed by atoms with Crippen LogP contribution in [-0.4, -0.2) is 97.5 Å². The summed E-state index contributed by atoms with van der Waals surface area (Å²) in [6.07, 6.45) is 0.736. The Morgan fingerprint density at radius 3 is 1.98 bits per heavy atom. The van der Waals surface area contributed by atoms with Crippen LogP contribution in [0.5, 0.6) is 5.75 Å². The van der Waals surface area contributed by atoms with Gasteiger partial charge in [0.05, 0.1) is 6.04 Å². The molecule has 5 atom stereocenters. The molecule has 12 N–H and O–H groups in total. The number of phenols is 1. The van der Waals surface area contributed by atoms with Crippen molar-refractivity contribution in [1.82, 2.24) is 21.3 Å². The summed E-state index contributed by atoms with van der Waals surface area (Å²) in [5, 5.41) is 30.0. The minimum atomic E-state index is -1.20. The summed E-state index contributed by atoms with van der Waals surface area (Å²) in [5.41, 5.74) is 17.5. The fourth-order valence-corrected chi connectivity index (χ4v) is 6.52. The molecular weight excluding hydrogens is 699 g/mol. The van der Waals surface area contributed by atoms with Gasteiger partial charge in [-0.1, -0.05) is 26.0 Å². The molecule has 268 valence electrons. The molecule has 0 aliphatic rings. The van der Waals surface area contributed by atoms with Crippen LogP contribution in [0.4, 0.5) is 0 Å². The molecule has 2 rings (SSSR count). The van der Waals surface area contributed by atoms with Gasteiger partial charge in [-0.3, -0.25) is 4.79 Å². The number of carbonyl (C=O) groups excluding carboxylic acids is 4. The van der Waals surface area contributed by atoms with E-state index >= 15 is 0 Å². The number of carbonyl (C=O) groups is 5. The van der Waals surface area contributed by atoms with E-state index in [9.17, 15) is 34.2 Å². The topological polar surface area (TPSA) is 264 Å². The second-order valence-electron chi connectivity index (χ2n) is 11.9. The maximum atomic E-state index is 13.7. The van der Waals surface area contributed by atoms with E-state index in [4.69, 9.17) is 17.2 Å². The van der Waals surface area contributed by atoms with Crippen molar-refractivity contribution in [3.8, 4) is 5.75 Å². The Kier molecular flexibility index (Phi) is 17.1. The molecule has 0 aliphatic heterocycles. The Labute approximate surface area is 292 Å². The van der Waals surface area contributed by atoms with E-state index in [2.05, 4.69) is 26.3 Å². The van der Waals surface area contributed by atoms with Crippen molar-refractivity contribution in [3.63, 3.8) is 0 Å². The molecule has 0 unspecified atom stereocenters. The van der Waals surface area contributed by atoms with E-state index < -0.39 is 59.8 Å². The van der Waals surface area contributed by atoms with Gasteiger partial charge in [0, 0.05) is 0 Å². The van der Waals surface area contributed by atoms with E-state index in [0.29, 0.717) is 12.0 Å². The fraction of sp³-hybridized carbons (Fsp3) is 0.455. The molecular formula is C33H48N8O7Se. The average Bonchev–Trinajstić information content (AvgIpc) is 3.04. The van der Waals surface area contributed by atoms with Crippen LogP contribution in [0.3, 0.4) is 0 Å². The molecule has 16 heteroatoms. The number of amides is 4. The Morgan fingerprint density at radius 1 is 0.796 bits per heavy atom. The summed E-state index contributed by atoms with van der Waals surface area (Å²) in [6, 6.07) is 9.86. The van der Waals surface area contributed by atoms with Crippen LogP contribution in [0.2, 0.25) is 5.32 Å². The monoisotopic (exact) mass is 748 g/mol. The van der Waals surface area contributed by atoms with Gasteiger partial charge in [-0.05, 0) is 30.0 Å². The number of guanidine groups is 1. The molecule has 0 bridgehead atoms. The molecule has 0 radical (unpaired) electrons. The number of hydrogen-bond acceptors (Lipinski definition) is 8. The number of nitrogens with two attached hydrogens (primary N) is 3. The van der Waals surface area contributed by atoms with Crippen LogP contribution in [0.25, 0.3) is 0 Å². The van der Waals surface area contributed by atoms with Gasteiger partial charge in [0.1, 0.15) is 5.75 Å². The zero-order valence-electron chi connectivity index (χ0n) is 27.9. The quantitative estimate of drug-likeness (QED) is 0.0340. The van der Waals surface area contributed by atoms with E-state index in [-0.39, 0.29) is 63.7 Å². The number of nitrogens with one attached hydrogen (secondary N) is 4. The van der Waals surface area contributed by atoms with Gasteiger partial charge in [0.2, 0.25) is 5.91 Å². The van der Waals surface area contributed by atoms with Crippen molar-refractivity contribution in [2.24, 2.45) is 28.1 Å². The van der Waals surface area contributed by atoms with Gasteiger partial charge in [0.25, 0.3) is 0 Å². The van der Waals surface area contributed by atoms with Crippen LogP contribution in [0, 0.1) is 5.92 Å². The Bertz CT molecular complexity index is 1420. The fourth-order valence-electron chi connectivity index (χ4n) is 4.56. The molecule has 0 saturated heterocycles. The van der Waals surface area contributed by atoms with Gasteiger partial charge < -0.3 is 22.3 Å². The summed E-state index contributed by atoms with van der Waals surface area (Å²) in [6.45, 7) is 5.37. The first-order valence-electron chi connectivity index (χ1n) is 15.9. The Morgan fingerprint density at radius 2 is 1.39 bits per heavy atom. The predicted molar refractivity (Wildman–Crippen MR) is 187 cm³/mol. The van der Waals surface area contributed by atoms with Crippen LogP contribution in [-0.2, 0) is 30.4 Å². The Balaban J connectivity index is 2.20. The third-order valence-corrected chi connectivity index (χ3v) is 9.50. The summed E-state index contributed by atoms with van der Waals surface area (Å²) in [7, 11) is 0. The zero-order chi connectivity index (χ0) is 36.5. The van der Waals surface area contributed by atoms with Crippen molar-refractivity contribution in [3.05, 3.63) is 60.2 Å². The standard InChI is InChI=1S/C33H48N8O7Se/c1-19(2)16-24(34)29(44)40-26(17-21-11-13-22(42)14-12-21)31(46)39-25(10-7-15-37-33(35)36)30(45)38-20(3)28(43)41-27(32(47)48)18-49-23-8-5-4-6-9-23/h4-6,8-9,11-14,19-20,24-27,42H,7,10,15-18,34H2,1-3H3,(H,38,45)(H,39,46)(H,40,44)(H,41,43)(H,47,48)(H4,35,36,37)/t20-,24-,25-,26-,27+/m0/s1. The van der Waals surface area contributed by atoms with Crippen molar-refractivity contribution >= 4 is 55.0 Å². The first kappa shape index (κ1) is 40.5. The van der Waals surface area contributed by atoms with Crippen molar-refractivity contribution < 1.29 is 34.2 Å². The molecule has 0 fully saturated rings. The molecule has 49 heavy (non-hydrogen) atoms. The van der Waals surface area contributed by atoms with Gasteiger partial charge >= 0.3 is 186 Å². The van der Waals surface area contributed by atoms with Gasteiger partial charge in [0.15, 0.2) is 5.96 Å². The molecule has 4 amide bonds. The molecule has 15 nitrogen and oxygen atoms in total. The molecule has 0 saturated carbocycles. The molecule has 0 aromatic heterocycles. The molecule has 0 spiro atoms. The molecule has 0 heterocycles. The first-order valence-corrected chi connectivity index (χ1v) is 17.9. The van der Waals surface area contributed by atoms with E-state index in [1.807, 2.05) is 44.2 Å². The van der Waals surface area contributed by atoms with Gasteiger partial charge in [-0.25, -0.2) is 0 Å². The number of phenolic OH excluding ortho intramolecular Hbond substituents is 1. The number of aliphatic carboxylic acids is 1. The number of rotatable bonds is 20. The summed E-state index contributed by atoms with van der Waals surface area (Å²) < 4.78 is 0.970. The van der Waals surface area contributed by atoms with Crippen molar-refractivity contribution in [2.45, 2.75) is 82.0 Å². The number of aliphatic imine (C=N–C) groups is 1. The number of hydrogen-bond donors (Lipinski definition) is 9. The average molecular weight is 748 g/mol. The van der Waals surface area contributed by atoms with E-state index in [1.54, 1.807) is 12.1 Å². The van der Waals surface area contributed by atoms with Crippen LogP contribution in [0.1, 0.15) is 45.6 Å². The third kappa shape index (κ3) is 15.4. The number of carboxylic acid groups (broad SMARTS) is 1. The number of carboxylic acids is 1. The predicted octanol–water partition coefficient (Wildman–Crippen LogP) is -1.15. The number of nitrogens with zero attached hydrogens (tertiary/aromatic N) is 1. The normalized spacial score (nSPS) is 14.0. The van der Waals surface area contributed by atoms with Gasteiger partial charge in [-0.2, -0.15) is 0 Å². The van der Waals surface area contributed by atoms with Crippen molar-refractivity contribution in [1.29, 1.82) is 0 Å². The first-order chi connectivity index (χ1) is 23.2. The second-order valence-corrected chi connectivity index (χ2v) is 14.2. The molecule has 0 aliphatic carbocycles. The minimum absolute atomic E-state index is 0.0223. The van der Waals surface area contributed by atoms with Gasteiger partial charge in [-0.15, -0.1) is 0 Å². The molecule has 2 aromatic carbocycles. The van der Waals surface area contributed by atoms with Crippen LogP contribution in [0.15, 0.2) is 59.6 Å². The maximum absolute atomic E-state index is 13.7. The molecule has 2 aromatic rings. The number of benzene rings is 2. The second kappa shape index (κ2) is 20.6. The van der Waals surface area contributed by atoms with Crippen molar-refractivity contribution in [2.75, 3.05) is 6.54 Å². The summed E-state index contributed by atoms with van der Waals surface area (Å²) in [5.74, 6) is -3.87. The summed E-state index contributed by atoms with van der Waals surface area (Å²) >= 11 is -0.223. The zero-order valence-corrected chi connectivity index (χ0v) is 29.6. The van der Waals surface area contributed by atoms with Crippen LogP contribution >= 0.6 is 0 Å². The van der Waals surface area contributed by atoms with Crippen LogP contribution < -0.4 is 42.9 Å². The third-order valence-electron chi connectivity index (χ3n) is 7.18. The Hall–Kier alpha value is -4.66. The SMILES string of the molecule is CC(C)C[C@H](N)C(=O)N[C@@H](Cc1ccc(O)cc1)C(=O)N[C@@H](CCCN=C(N)N)C(=O)N[C@@H](C)C(=O)N[C@H](C[Se]c1ccccc1)C(=O)O. The summed E-state index contributed by atoms with van der Waals surface area (Å²) in [4.78, 5) is 68.9. The number of aromatic hydroxyl groups is 1. The van der Waals surface area contributed by atoms with E-state index in [0.717, 1.165) is 4.46 Å². The van der Waals surface area contributed by atoms with E-state index in [1.165, 1.54) is 19.1 Å².